The number of carbonyl (C=O) groups is 1. The molecule has 0 radical (unpaired) electrons. The van der Waals surface area contributed by atoms with Crippen LogP contribution >= 0.6 is 0 Å². The fourth-order valence-electron chi connectivity index (χ4n) is 0.980. The average Bonchev–Trinajstić information content (AvgIpc) is 2.25. The van der Waals surface area contributed by atoms with Crippen LogP contribution in [0.25, 0.3) is 0 Å². The molecule has 1 aromatic rings. The molecule has 7 heteroatoms. The normalized spacial score (nSPS) is 11.0. The van der Waals surface area contributed by atoms with Crippen LogP contribution in [-0.4, -0.2) is 19.4 Å². The summed E-state index contributed by atoms with van der Waals surface area (Å²) in [4.78, 5) is 14.8. The van der Waals surface area contributed by atoms with Gasteiger partial charge < -0.3 is 5.32 Å². The van der Waals surface area contributed by atoms with Gasteiger partial charge in [0.1, 0.15) is 0 Å². The largest absolute Gasteiger partial charge is 0.544 e. The summed E-state index contributed by atoms with van der Waals surface area (Å²) in [5.74, 6) is 0. The summed E-state index contributed by atoms with van der Waals surface area (Å²) in [5.41, 5.74) is -0.0147. The van der Waals surface area contributed by atoms with E-state index in [0.29, 0.717) is 0 Å². The third-order valence-electron chi connectivity index (χ3n) is 1.58. The Bertz CT molecular complexity index is 354. The molecule has 0 bridgehead atoms. The molecule has 0 aliphatic carbocycles. The lowest BCUT2D eigenvalue weighted by Crippen LogP contribution is -2.41. The smallest absolute Gasteiger partial charge is 0.339 e. The molecule has 0 saturated carbocycles. The molecule has 1 rings (SSSR count). The van der Waals surface area contributed by atoms with Crippen LogP contribution in [0.15, 0.2) is 30.3 Å². The molecule has 0 aliphatic rings. The number of nitrogens with zero attached hydrogens (tertiary/aromatic N) is 1. The van der Waals surface area contributed by atoms with Gasteiger partial charge in [0.15, 0.2) is 0 Å². The summed E-state index contributed by atoms with van der Waals surface area (Å²) >= 11 is 0. The number of urea groups is 1. The van der Waals surface area contributed by atoms with E-state index in [1.165, 1.54) is 31.3 Å². The fourth-order valence-corrected chi connectivity index (χ4v) is 0.980. The predicted molar refractivity (Wildman–Crippen MR) is 50.5 cm³/mol. The standard InChI is InChI=1S/C9H9F3N2O2/c1-13-8(15)14(16-9(10,11)12)7-5-3-2-4-6-7/h2-6H,1H3,(H,13,15). The maximum absolute atomic E-state index is 12.0. The van der Waals surface area contributed by atoms with Crippen molar-refractivity contribution in [2.24, 2.45) is 0 Å². The summed E-state index contributed by atoms with van der Waals surface area (Å²) in [6, 6.07) is 6.22. The Kier molecular flexibility index (Phi) is 3.73. The van der Waals surface area contributed by atoms with E-state index < -0.39 is 12.4 Å². The van der Waals surface area contributed by atoms with Crippen LogP contribution in [0.5, 0.6) is 0 Å². The lowest BCUT2D eigenvalue weighted by Gasteiger charge is -2.21. The van der Waals surface area contributed by atoms with Gasteiger partial charge in [-0.25, -0.2) is 4.79 Å². The van der Waals surface area contributed by atoms with Crippen molar-refractivity contribution in [1.29, 1.82) is 0 Å². The maximum Gasteiger partial charge on any atom is 0.544 e. The molecule has 0 spiro atoms. The number of hydrogen-bond acceptors (Lipinski definition) is 2. The SMILES string of the molecule is CNC(=O)N(OC(F)(F)F)c1ccccc1. The lowest BCUT2D eigenvalue weighted by atomic mass is 10.3. The summed E-state index contributed by atoms with van der Waals surface area (Å²) in [6.07, 6.45) is -4.93. The van der Waals surface area contributed by atoms with Gasteiger partial charge in [0.05, 0.1) is 5.69 Å². The highest BCUT2D eigenvalue weighted by Crippen LogP contribution is 2.23. The molecule has 4 nitrogen and oxygen atoms in total. The van der Waals surface area contributed by atoms with Gasteiger partial charge in [-0.1, -0.05) is 18.2 Å². The second kappa shape index (κ2) is 4.84. The number of hydroxylamine groups is 1. The fraction of sp³-hybridized carbons (Fsp3) is 0.222. The number of benzene rings is 1. The zero-order chi connectivity index (χ0) is 12.2. The first-order valence-electron chi connectivity index (χ1n) is 4.27. The van der Waals surface area contributed by atoms with E-state index in [2.05, 4.69) is 4.84 Å². The number of rotatable bonds is 2. The first-order valence-corrected chi connectivity index (χ1v) is 4.27. The van der Waals surface area contributed by atoms with E-state index in [0.717, 1.165) is 0 Å². The number of alkyl halides is 3. The summed E-state index contributed by atoms with van der Waals surface area (Å²) in [7, 11) is 1.21. The van der Waals surface area contributed by atoms with Crippen molar-refractivity contribution in [3.63, 3.8) is 0 Å². The molecule has 0 heterocycles. The first-order chi connectivity index (χ1) is 7.44. The van der Waals surface area contributed by atoms with Crippen molar-refractivity contribution >= 4 is 11.7 Å². The molecule has 0 saturated heterocycles. The third kappa shape index (κ3) is 3.43. The van der Waals surface area contributed by atoms with Crippen molar-refractivity contribution in [2.45, 2.75) is 6.36 Å². The van der Waals surface area contributed by atoms with Crippen molar-refractivity contribution < 1.29 is 22.8 Å². The number of carbonyl (C=O) groups excluding carboxylic acids is 1. The van der Waals surface area contributed by atoms with Crippen molar-refractivity contribution in [3.05, 3.63) is 30.3 Å². The highest BCUT2D eigenvalue weighted by molar-refractivity contribution is 5.89. The molecule has 0 aliphatic heterocycles. The second-order valence-corrected chi connectivity index (χ2v) is 2.72. The van der Waals surface area contributed by atoms with Gasteiger partial charge in [0, 0.05) is 7.05 Å². The van der Waals surface area contributed by atoms with Crippen LogP contribution in [0.3, 0.4) is 0 Å². The zero-order valence-electron chi connectivity index (χ0n) is 8.28. The summed E-state index contributed by atoms with van der Waals surface area (Å²) < 4.78 is 36.1. The van der Waals surface area contributed by atoms with E-state index in [1.807, 2.05) is 5.32 Å². The molecular weight excluding hydrogens is 225 g/mol. The molecule has 0 unspecified atom stereocenters. The quantitative estimate of drug-likeness (QED) is 0.797. The van der Waals surface area contributed by atoms with Gasteiger partial charge in [-0.05, 0) is 12.1 Å². The van der Waals surface area contributed by atoms with Crippen LogP contribution < -0.4 is 10.4 Å². The molecule has 0 fully saturated rings. The number of anilines is 1. The number of halogens is 3. The Morgan fingerprint density at radius 2 is 1.88 bits per heavy atom. The maximum atomic E-state index is 12.0. The lowest BCUT2D eigenvalue weighted by molar-refractivity contribution is -0.325. The molecule has 88 valence electrons. The third-order valence-corrected chi connectivity index (χ3v) is 1.58. The van der Waals surface area contributed by atoms with Crippen LogP contribution in [0.4, 0.5) is 23.7 Å². The molecule has 1 aromatic carbocycles. The molecule has 1 N–H and O–H groups in total. The summed E-state index contributed by atoms with van der Waals surface area (Å²) in [6.45, 7) is 0. The van der Waals surface area contributed by atoms with Gasteiger partial charge >= 0.3 is 12.4 Å². The molecular formula is C9H9F3N2O2. The predicted octanol–water partition coefficient (Wildman–Crippen LogP) is 2.28. The highest BCUT2D eigenvalue weighted by Gasteiger charge is 2.36. The van der Waals surface area contributed by atoms with Crippen LogP contribution in [-0.2, 0) is 4.84 Å². The average molecular weight is 234 g/mol. The first kappa shape index (κ1) is 12.3. The highest BCUT2D eigenvalue weighted by atomic mass is 19.4. The molecule has 0 aromatic heterocycles. The summed E-state index contributed by atoms with van der Waals surface area (Å²) in [5, 5.41) is 2.19. The van der Waals surface area contributed by atoms with E-state index in [4.69, 9.17) is 0 Å². The number of para-hydroxylation sites is 1. The van der Waals surface area contributed by atoms with Gasteiger partial charge in [0.25, 0.3) is 0 Å². The van der Waals surface area contributed by atoms with Crippen LogP contribution in [0.1, 0.15) is 0 Å². The van der Waals surface area contributed by atoms with E-state index >= 15 is 0 Å². The van der Waals surface area contributed by atoms with Crippen molar-refractivity contribution in [2.75, 3.05) is 12.1 Å². The van der Waals surface area contributed by atoms with Crippen molar-refractivity contribution in [3.8, 4) is 0 Å². The topological polar surface area (TPSA) is 41.6 Å². The number of amides is 2. The number of nitrogens with one attached hydrogen (secondary N) is 1. The minimum Gasteiger partial charge on any atom is -0.339 e. The van der Waals surface area contributed by atoms with E-state index in [1.54, 1.807) is 6.07 Å². The van der Waals surface area contributed by atoms with Gasteiger partial charge in [-0.15, -0.1) is 13.2 Å². The molecule has 16 heavy (non-hydrogen) atoms. The van der Waals surface area contributed by atoms with Gasteiger partial charge in [-0.2, -0.15) is 9.90 Å². The Hall–Kier alpha value is -1.76. The Morgan fingerprint density at radius 3 is 2.31 bits per heavy atom. The molecule has 0 atom stereocenters. The van der Waals surface area contributed by atoms with Gasteiger partial charge in [0.2, 0.25) is 0 Å². The van der Waals surface area contributed by atoms with Gasteiger partial charge in [-0.3, -0.25) is 0 Å². The van der Waals surface area contributed by atoms with E-state index in [-0.39, 0.29) is 10.8 Å². The van der Waals surface area contributed by atoms with E-state index in [9.17, 15) is 18.0 Å². The second-order valence-electron chi connectivity index (χ2n) is 2.72. The Morgan fingerprint density at radius 1 is 1.31 bits per heavy atom. The minimum atomic E-state index is -4.93. The molecule has 2 amide bonds. The Labute approximate surface area is 89.6 Å². The number of hydrogen-bond donors (Lipinski definition) is 1. The zero-order valence-corrected chi connectivity index (χ0v) is 8.28. The van der Waals surface area contributed by atoms with Crippen LogP contribution in [0.2, 0.25) is 0 Å². The Balaban J connectivity index is 2.93. The van der Waals surface area contributed by atoms with Crippen LogP contribution in [0, 0.1) is 0 Å². The minimum absolute atomic E-state index is 0.0147. The van der Waals surface area contributed by atoms with Crippen molar-refractivity contribution in [1.82, 2.24) is 5.32 Å². The monoisotopic (exact) mass is 234 g/mol.